The summed E-state index contributed by atoms with van der Waals surface area (Å²) in [6.07, 6.45) is 0. The topological polar surface area (TPSA) is 18.5 Å². The van der Waals surface area contributed by atoms with E-state index in [0.29, 0.717) is 0 Å². The summed E-state index contributed by atoms with van der Waals surface area (Å²) in [6.45, 7) is 12.2. The molecule has 2 rings (SSSR count). The Morgan fingerprint density at radius 1 is 0.947 bits per heavy atom. The predicted molar refractivity (Wildman–Crippen MR) is 83.4 cm³/mol. The van der Waals surface area contributed by atoms with Crippen molar-refractivity contribution in [2.24, 2.45) is 0 Å². The van der Waals surface area contributed by atoms with Gasteiger partial charge < -0.3 is 5.32 Å². The molecular formula is C16H29N3. The van der Waals surface area contributed by atoms with Gasteiger partial charge in [-0.15, -0.1) is 0 Å². The minimum atomic E-state index is 1.10. The average Bonchev–Trinajstić information content (AvgIpc) is 2.50. The Morgan fingerprint density at radius 2 is 1.53 bits per heavy atom. The van der Waals surface area contributed by atoms with E-state index in [4.69, 9.17) is 0 Å². The second kappa shape index (κ2) is 9.96. The Hall–Kier alpha value is -0.900. The van der Waals surface area contributed by atoms with Crippen molar-refractivity contribution in [3.05, 3.63) is 35.9 Å². The van der Waals surface area contributed by atoms with Crippen molar-refractivity contribution >= 4 is 0 Å². The van der Waals surface area contributed by atoms with Gasteiger partial charge in [-0.3, -0.25) is 9.80 Å². The highest BCUT2D eigenvalue weighted by atomic mass is 15.3. The molecule has 108 valence electrons. The summed E-state index contributed by atoms with van der Waals surface area (Å²) in [5, 5.41) is 3.21. The van der Waals surface area contributed by atoms with Crippen LogP contribution in [0.25, 0.3) is 0 Å². The maximum Gasteiger partial charge on any atom is 0.0234 e. The lowest BCUT2D eigenvalue weighted by molar-refractivity contribution is 0.128. The maximum absolute atomic E-state index is 3.21. The molecule has 0 bridgehead atoms. The van der Waals surface area contributed by atoms with E-state index in [1.807, 2.05) is 20.9 Å². The van der Waals surface area contributed by atoms with E-state index in [1.54, 1.807) is 0 Å². The minimum Gasteiger partial charge on any atom is -0.318 e. The van der Waals surface area contributed by atoms with Gasteiger partial charge in [-0.2, -0.15) is 0 Å². The van der Waals surface area contributed by atoms with Crippen molar-refractivity contribution < 1.29 is 0 Å². The van der Waals surface area contributed by atoms with Gasteiger partial charge in [0.15, 0.2) is 0 Å². The van der Waals surface area contributed by atoms with Crippen LogP contribution in [0.4, 0.5) is 0 Å². The van der Waals surface area contributed by atoms with Gasteiger partial charge in [0.1, 0.15) is 0 Å². The largest absolute Gasteiger partial charge is 0.318 e. The van der Waals surface area contributed by atoms with Gasteiger partial charge >= 0.3 is 0 Å². The van der Waals surface area contributed by atoms with E-state index in [2.05, 4.69) is 45.4 Å². The van der Waals surface area contributed by atoms with Crippen LogP contribution in [0, 0.1) is 0 Å². The Labute approximate surface area is 118 Å². The van der Waals surface area contributed by atoms with E-state index >= 15 is 0 Å². The fourth-order valence-corrected chi connectivity index (χ4v) is 2.28. The average molecular weight is 263 g/mol. The molecule has 0 atom stereocenters. The molecule has 1 heterocycles. The minimum absolute atomic E-state index is 1.10. The van der Waals surface area contributed by atoms with Gasteiger partial charge in [0.05, 0.1) is 0 Å². The fraction of sp³-hybridized carbons (Fsp3) is 0.625. The van der Waals surface area contributed by atoms with Crippen LogP contribution in [0.15, 0.2) is 30.3 Å². The van der Waals surface area contributed by atoms with Crippen molar-refractivity contribution in [3.63, 3.8) is 0 Å². The quantitative estimate of drug-likeness (QED) is 0.877. The molecule has 1 aromatic rings. The van der Waals surface area contributed by atoms with Gasteiger partial charge in [-0.25, -0.2) is 0 Å². The maximum atomic E-state index is 3.21. The molecule has 1 fully saturated rings. The van der Waals surface area contributed by atoms with Crippen molar-refractivity contribution in [2.75, 3.05) is 46.3 Å². The van der Waals surface area contributed by atoms with Crippen LogP contribution < -0.4 is 5.32 Å². The highest BCUT2D eigenvalue weighted by Crippen LogP contribution is 2.07. The molecule has 0 radical (unpaired) electrons. The number of hydrogen-bond donors (Lipinski definition) is 1. The predicted octanol–water partition coefficient (Wildman–Crippen LogP) is 2.05. The molecule has 0 aliphatic carbocycles. The smallest absolute Gasteiger partial charge is 0.0234 e. The number of nitrogens with one attached hydrogen (secondary N) is 1. The first-order valence-corrected chi connectivity index (χ1v) is 7.52. The first kappa shape index (κ1) is 16.2. The van der Waals surface area contributed by atoms with Crippen LogP contribution in [0.3, 0.4) is 0 Å². The third kappa shape index (κ3) is 6.19. The molecule has 1 aliphatic rings. The van der Waals surface area contributed by atoms with Crippen molar-refractivity contribution in [2.45, 2.75) is 20.4 Å². The van der Waals surface area contributed by atoms with E-state index < -0.39 is 0 Å². The summed E-state index contributed by atoms with van der Waals surface area (Å²) in [4.78, 5) is 5.09. The van der Waals surface area contributed by atoms with Crippen LogP contribution in [-0.4, -0.2) is 56.1 Å². The highest BCUT2D eigenvalue weighted by Gasteiger charge is 2.15. The van der Waals surface area contributed by atoms with Gasteiger partial charge in [-0.1, -0.05) is 44.2 Å². The first-order valence-electron chi connectivity index (χ1n) is 7.52. The third-order valence-corrected chi connectivity index (χ3v) is 3.39. The number of likely N-dealkylation sites (N-methyl/N-ethyl adjacent to an activating group) is 1. The van der Waals surface area contributed by atoms with Crippen molar-refractivity contribution in [1.82, 2.24) is 15.1 Å². The van der Waals surface area contributed by atoms with Gasteiger partial charge in [0, 0.05) is 45.8 Å². The Morgan fingerprint density at radius 3 is 2.11 bits per heavy atom. The number of hydrogen-bond acceptors (Lipinski definition) is 3. The second-order valence-corrected chi connectivity index (χ2v) is 4.71. The summed E-state index contributed by atoms with van der Waals surface area (Å²) in [5.41, 5.74) is 1.43. The van der Waals surface area contributed by atoms with Gasteiger partial charge in [0.2, 0.25) is 0 Å². The van der Waals surface area contributed by atoms with Gasteiger partial charge in [0.25, 0.3) is 0 Å². The summed E-state index contributed by atoms with van der Waals surface area (Å²) in [7, 11) is 2.02. The Balaban J connectivity index is 0.000000861. The van der Waals surface area contributed by atoms with Crippen LogP contribution in [0.1, 0.15) is 19.4 Å². The summed E-state index contributed by atoms with van der Waals surface area (Å²) < 4.78 is 0. The fourth-order valence-electron chi connectivity index (χ4n) is 2.28. The molecular weight excluding hydrogens is 234 g/mol. The molecule has 1 saturated heterocycles. The van der Waals surface area contributed by atoms with Crippen LogP contribution in [-0.2, 0) is 6.54 Å². The molecule has 0 aromatic heterocycles. The lowest BCUT2D eigenvalue weighted by atomic mass is 10.2. The van der Waals surface area contributed by atoms with E-state index in [0.717, 1.165) is 13.1 Å². The number of rotatable bonds is 5. The monoisotopic (exact) mass is 263 g/mol. The van der Waals surface area contributed by atoms with Crippen molar-refractivity contribution in [3.8, 4) is 0 Å². The summed E-state index contributed by atoms with van der Waals surface area (Å²) in [6, 6.07) is 10.8. The van der Waals surface area contributed by atoms with E-state index in [-0.39, 0.29) is 0 Å². The van der Waals surface area contributed by atoms with E-state index in [1.165, 1.54) is 38.3 Å². The van der Waals surface area contributed by atoms with Gasteiger partial charge in [-0.05, 0) is 12.6 Å². The molecule has 0 spiro atoms. The lowest BCUT2D eigenvalue weighted by Gasteiger charge is -2.34. The molecule has 0 saturated carbocycles. The first-order chi connectivity index (χ1) is 9.38. The molecule has 1 N–H and O–H groups in total. The highest BCUT2D eigenvalue weighted by molar-refractivity contribution is 5.14. The molecule has 0 unspecified atom stereocenters. The van der Waals surface area contributed by atoms with Crippen molar-refractivity contribution in [1.29, 1.82) is 0 Å². The molecule has 1 aliphatic heterocycles. The normalized spacial score (nSPS) is 16.8. The molecule has 3 nitrogen and oxygen atoms in total. The zero-order valence-corrected chi connectivity index (χ0v) is 12.7. The van der Waals surface area contributed by atoms with E-state index in [9.17, 15) is 0 Å². The Bertz CT molecular complexity index is 305. The molecule has 19 heavy (non-hydrogen) atoms. The number of benzene rings is 1. The standard InChI is InChI=1S/C14H23N3.C2H6/c1-15-7-8-16-9-11-17(12-10-16)13-14-5-3-2-4-6-14;1-2/h2-6,15H,7-13H2,1H3;1-2H3. The van der Waals surface area contributed by atoms with Crippen LogP contribution in [0.2, 0.25) is 0 Å². The summed E-state index contributed by atoms with van der Waals surface area (Å²) in [5.74, 6) is 0. The molecule has 0 amide bonds. The zero-order chi connectivity index (χ0) is 13.9. The SMILES string of the molecule is CC.CNCCN1CCN(Cc2ccccc2)CC1. The third-order valence-electron chi connectivity index (χ3n) is 3.39. The molecule has 1 aromatic carbocycles. The summed E-state index contributed by atoms with van der Waals surface area (Å²) >= 11 is 0. The Kier molecular flexibility index (Phi) is 8.47. The number of nitrogens with zero attached hydrogens (tertiary/aromatic N) is 2. The number of piperazine rings is 1. The van der Waals surface area contributed by atoms with Crippen LogP contribution >= 0.6 is 0 Å². The zero-order valence-electron chi connectivity index (χ0n) is 12.7. The lowest BCUT2D eigenvalue weighted by Crippen LogP contribution is -2.47. The second-order valence-electron chi connectivity index (χ2n) is 4.71. The van der Waals surface area contributed by atoms with Crippen LogP contribution in [0.5, 0.6) is 0 Å². The molecule has 3 heteroatoms.